The molecule has 0 bridgehead atoms. The van der Waals surface area contributed by atoms with E-state index in [2.05, 4.69) is 163 Å². The van der Waals surface area contributed by atoms with Gasteiger partial charge in [0.1, 0.15) is 0 Å². The Morgan fingerprint density at radius 3 is 2.14 bits per heavy atom. The van der Waals surface area contributed by atoms with E-state index >= 15 is 0 Å². The lowest BCUT2D eigenvalue weighted by Crippen LogP contribution is -2.30. The van der Waals surface area contributed by atoms with Gasteiger partial charge in [-0.15, -0.1) is 0 Å². The quantitative estimate of drug-likeness (QED) is 0.195. The van der Waals surface area contributed by atoms with Gasteiger partial charge in [0.25, 0.3) is 0 Å². The molecule has 0 spiro atoms. The standard InChI is InChI=1S/C45H32N4/c1-45(2)36-17-9-11-19-39(36)48(33-14-4-3-5-15-33)42-27-31(21-24-37(42)45)30-20-23-35-41(26-30)49(44-46-28-32-13-7-10-18-38(32)47-44)40-25-22-29-12-6-8-16-34(29)43(35)40/h3-28H,1-2H3. The number of hydrogen-bond donors (Lipinski definition) is 0. The molecule has 0 aliphatic carbocycles. The summed E-state index contributed by atoms with van der Waals surface area (Å²) in [7, 11) is 0. The summed E-state index contributed by atoms with van der Waals surface area (Å²) in [5.74, 6) is 0.671. The van der Waals surface area contributed by atoms with E-state index in [1.807, 2.05) is 18.3 Å². The van der Waals surface area contributed by atoms with Crippen LogP contribution in [0.15, 0.2) is 158 Å². The molecule has 0 radical (unpaired) electrons. The van der Waals surface area contributed by atoms with E-state index in [4.69, 9.17) is 9.97 Å². The molecule has 9 aromatic rings. The molecule has 0 amide bonds. The lowest BCUT2D eigenvalue weighted by Gasteiger charge is -2.42. The molecule has 0 atom stereocenters. The van der Waals surface area contributed by atoms with Gasteiger partial charge in [0.05, 0.1) is 27.9 Å². The Labute approximate surface area is 284 Å². The first-order chi connectivity index (χ1) is 24.1. The Morgan fingerprint density at radius 2 is 1.24 bits per heavy atom. The Morgan fingerprint density at radius 1 is 0.531 bits per heavy atom. The van der Waals surface area contributed by atoms with Crippen LogP contribution >= 0.6 is 0 Å². The topological polar surface area (TPSA) is 34.0 Å². The molecule has 2 aromatic heterocycles. The van der Waals surface area contributed by atoms with Gasteiger partial charge in [-0.05, 0) is 75.5 Å². The molecule has 49 heavy (non-hydrogen) atoms. The van der Waals surface area contributed by atoms with Gasteiger partial charge in [-0.2, -0.15) is 0 Å². The molecule has 4 heteroatoms. The van der Waals surface area contributed by atoms with Crippen LogP contribution in [0.25, 0.3) is 60.6 Å². The lowest BCUT2D eigenvalue weighted by atomic mass is 9.73. The van der Waals surface area contributed by atoms with E-state index in [9.17, 15) is 0 Å². The highest BCUT2D eigenvalue weighted by Crippen LogP contribution is 2.52. The Bertz CT molecular complexity index is 2760. The van der Waals surface area contributed by atoms with E-state index in [0.29, 0.717) is 5.95 Å². The fourth-order valence-electron chi connectivity index (χ4n) is 8.00. The average Bonchev–Trinajstić information content (AvgIpc) is 3.49. The molecule has 7 aromatic carbocycles. The monoisotopic (exact) mass is 628 g/mol. The van der Waals surface area contributed by atoms with Crippen LogP contribution in [-0.2, 0) is 5.41 Å². The molecule has 0 saturated heterocycles. The van der Waals surface area contributed by atoms with E-state index in [-0.39, 0.29) is 5.41 Å². The third-order valence-corrected chi connectivity index (χ3v) is 10.4. The van der Waals surface area contributed by atoms with Gasteiger partial charge >= 0.3 is 0 Å². The van der Waals surface area contributed by atoms with Gasteiger partial charge in [0, 0.05) is 33.5 Å². The van der Waals surface area contributed by atoms with Gasteiger partial charge in [-0.3, -0.25) is 4.57 Å². The van der Waals surface area contributed by atoms with Crippen molar-refractivity contribution >= 4 is 60.5 Å². The summed E-state index contributed by atoms with van der Waals surface area (Å²) >= 11 is 0. The van der Waals surface area contributed by atoms with Crippen molar-refractivity contribution in [3.05, 3.63) is 169 Å². The van der Waals surface area contributed by atoms with Gasteiger partial charge in [0.15, 0.2) is 0 Å². The smallest absolute Gasteiger partial charge is 0.235 e. The molecule has 0 fully saturated rings. The summed E-state index contributed by atoms with van der Waals surface area (Å²) in [5, 5.41) is 5.88. The summed E-state index contributed by atoms with van der Waals surface area (Å²) in [6.45, 7) is 4.68. The van der Waals surface area contributed by atoms with Gasteiger partial charge < -0.3 is 4.90 Å². The summed E-state index contributed by atoms with van der Waals surface area (Å²) < 4.78 is 2.24. The van der Waals surface area contributed by atoms with Crippen molar-refractivity contribution in [1.82, 2.24) is 14.5 Å². The first-order valence-electron chi connectivity index (χ1n) is 16.8. The van der Waals surface area contributed by atoms with Crippen LogP contribution in [0.5, 0.6) is 0 Å². The molecule has 3 heterocycles. The summed E-state index contributed by atoms with van der Waals surface area (Å²) in [5.41, 5.74) is 11.5. The Balaban J connectivity index is 1.23. The largest absolute Gasteiger partial charge is 0.310 e. The molecule has 0 N–H and O–H groups in total. The summed E-state index contributed by atoms with van der Waals surface area (Å²) in [6.07, 6.45) is 1.93. The third kappa shape index (κ3) is 4.10. The normalized spacial score (nSPS) is 13.6. The van der Waals surface area contributed by atoms with Crippen LogP contribution < -0.4 is 4.90 Å². The zero-order chi connectivity index (χ0) is 32.7. The highest BCUT2D eigenvalue weighted by Gasteiger charge is 2.36. The number of hydrogen-bond acceptors (Lipinski definition) is 3. The SMILES string of the molecule is CC1(C)c2ccccc2N(c2ccccc2)c2cc(-c3ccc4c5c6ccccc6ccc5n(-c5ncc6ccccc6n5)c4c3)ccc21. The highest BCUT2D eigenvalue weighted by molar-refractivity contribution is 6.21. The van der Waals surface area contributed by atoms with Crippen molar-refractivity contribution in [3.8, 4) is 17.1 Å². The second kappa shape index (κ2) is 10.4. The molecular formula is C45H32N4. The number of anilines is 3. The van der Waals surface area contributed by atoms with E-state index in [0.717, 1.165) is 38.8 Å². The Hall–Kier alpha value is -6.26. The molecular weight excluding hydrogens is 597 g/mol. The predicted octanol–water partition coefficient (Wildman–Crippen LogP) is 11.7. The van der Waals surface area contributed by atoms with E-state index in [1.165, 1.54) is 44.0 Å². The van der Waals surface area contributed by atoms with Crippen LogP contribution in [0.3, 0.4) is 0 Å². The van der Waals surface area contributed by atoms with E-state index < -0.39 is 0 Å². The second-order valence-corrected chi connectivity index (χ2v) is 13.5. The maximum Gasteiger partial charge on any atom is 0.235 e. The number of benzene rings is 7. The van der Waals surface area contributed by atoms with Crippen molar-refractivity contribution in [2.45, 2.75) is 19.3 Å². The van der Waals surface area contributed by atoms with Crippen LogP contribution in [-0.4, -0.2) is 14.5 Å². The molecule has 0 saturated carbocycles. The third-order valence-electron chi connectivity index (χ3n) is 10.4. The van der Waals surface area contributed by atoms with Gasteiger partial charge in [0.2, 0.25) is 5.95 Å². The van der Waals surface area contributed by atoms with Crippen LogP contribution in [0, 0.1) is 0 Å². The minimum atomic E-state index is -0.152. The molecule has 1 aliphatic rings. The fraction of sp³-hybridized carbons (Fsp3) is 0.0667. The molecule has 0 unspecified atom stereocenters. The minimum Gasteiger partial charge on any atom is -0.310 e. The predicted molar refractivity (Wildman–Crippen MR) is 204 cm³/mol. The lowest BCUT2D eigenvalue weighted by molar-refractivity contribution is 0.632. The second-order valence-electron chi connectivity index (χ2n) is 13.5. The van der Waals surface area contributed by atoms with Crippen LogP contribution in [0.1, 0.15) is 25.0 Å². The number of rotatable bonds is 3. The van der Waals surface area contributed by atoms with Crippen molar-refractivity contribution in [2.24, 2.45) is 0 Å². The maximum atomic E-state index is 5.08. The molecule has 10 rings (SSSR count). The average molecular weight is 629 g/mol. The zero-order valence-electron chi connectivity index (χ0n) is 27.3. The van der Waals surface area contributed by atoms with Crippen LogP contribution in [0.4, 0.5) is 17.1 Å². The van der Waals surface area contributed by atoms with Gasteiger partial charge in [-0.1, -0.05) is 123 Å². The van der Waals surface area contributed by atoms with Crippen molar-refractivity contribution in [2.75, 3.05) is 4.90 Å². The number of aromatic nitrogens is 3. The zero-order valence-corrected chi connectivity index (χ0v) is 27.3. The summed E-state index contributed by atoms with van der Waals surface area (Å²) in [6, 6.07) is 54.6. The van der Waals surface area contributed by atoms with Gasteiger partial charge in [-0.25, -0.2) is 9.97 Å². The number of para-hydroxylation sites is 3. The maximum absolute atomic E-state index is 5.08. The fourth-order valence-corrected chi connectivity index (χ4v) is 8.00. The first kappa shape index (κ1) is 27.8. The molecule has 4 nitrogen and oxygen atoms in total. The van der Waals surface area contributed by atoms with E-state index in [1.54, 1.807) is 0 Å². The highest BCUT2D eigenvalue weighted by atomic mass is 15.2. The van der Waals surface area contributed by atoms with Crippen molar-refractivity contribution in [1.29, 1.82) is 0 Å². The number of nitrogens with zero attached hydrogens (tertiary/aromatic N) is 4. The van der Waals surface area contributed by atoms with Crippen LogP contribution in [0.2, 0.25) is 0 Å². The first-order valence-corrected chi connectivity index (χ1v) is 16.8. The molecule has 1 aliphatic heterocycles. The Kier molecular flexibility index (Phi) is 5.89. The van der Waals surface area contributed by atoms with Crippen molar-refractivity contribution in [3.63, 3.8) is 0 Å². The summed E-state index contributed by atoms with van der Waals surface area (Å²) in [4.78, 5) is 12.4. The van der Waals surface area contributed by atoms with Crippen molar-refractivity contribution < 1.29 is 0 Å². The minimum absolute atomic E-state index is 0.152. The number of fused-ring (bicyclic) bond motifs is 8. The molecule has 232 valence electrons.